The van der Waals surface area contributed by atoms with Gasteiger partial charge in [-0.1, -0.05) is 129 Å². The molecule has 0 N–H and O–H groups in total. The Balaban J connectivity index is 1.00. The molecule has 0 saturated heterocycles. The highest BCUT2D eigenvalue weighted by atomic mass is 15.2. The summed E-state index contributed by atoms with van der Waals surface area (Å²) < 4.78 is 2.46. The van der Waals surface area contributed by atoms with Gasteiger partial charge in [0.25, 0.3) is 0 Å². The van der Waals surface area contributed by atoms with E-state index in [4.69, 9.17) is 0 Å². The molecule has 10 aromatic rings. The van der Waals surface area contributed by atoms with Crippen LogP contribution in [-0.2, 0) is 5.41 Å². The molecule has 9 aromatic carbocycles. The molecule has 0 amide bonds. The van der Waals surface area contributed by atoms with Crippen molar-refractivity contribution in [1.82, 2.24) is 4.57 Å². The first-order valence-corrected chi connectivity index (χ1v) is 20.1. The fourth-order valence-corrected chi connectivity index (χ4v) is 9.39. The minimum atomic E-state index is -0.222. The highest BCUT2D eigenvalue weighted by Gasteiger charge is 2.36. The molecule has 0 bridgehead atoms. The Kier molecular flexibility index (Phi) is 7.84. The Labute approximate surface area is 339 Å². The number of benzene rings is 9. The van der Waals surface area contributed by atoms with Crippen LogP contribution in [0.4, 0.5) is 34.1 Å². The van der Waals surface area contributed by atoms with Crippen LogP contribution in [0.5, 0.6) is 0 Å². The molecule has 276 valence electrons. The van der Waals surface area contributed by atoms with Crippen molar-refractivity contribution in [3.8, 4) is 16.8 Å². The summed E-state index contributed by atoms with van der Waals surface area (Å²) in [5.74, 6) is 0. The standard InChI is InChI=1S/C55H41N3/c1-55(2)50-36-44(57(41-21-10-5-11-22-41)43-29-27-42(28-30-43)56(39-17-6-3-7-18-39)40-19-8-4-9-20-40)31-33-47(50)48-34-32-45(37-51(48)55)58-52-25-15-14-24-49(52)54-46-23-13-12-16-38(46)26-35-53(54)58/h3-37H,1-2H3. The summed E-state index contributed by atoms with van der Waals surface area (Å²) in [6.45, 7) is 4.77. The van der Waals surface area contributed by atoms with Crippen LogP contribution >= 0.6 is 0 Å². The summed E-state index contributed by atoms with van der Waals surface area (Å²) >= 11 is 0. The van der Waals surface area contributed by atoms with Crippen molar-refractivity contribution in [3.63, 3.8) is 0 Å². The molecule has 0 radical (unpaired) electrons. The molecule has 0 spiro atoms. The van der Waals surface area contributed by atoms with E-state index >= 15 is 0 Å². The lowest BCUT2D eigenvalue weighted by molar-refractivity contribution is 0.660. The fourth-order valence-electron chi connectivity index (χ4n) is 9.39. The molecule has 11 rings (SSSR count). The molecule has 0 fully saturated rings. The zero-order valence-corrected chi connectivity index (χ0v) is 32.5. The lowest BCUT2D eigenvalue weighted by Gasteiger charge is -2.29. The van der Waals surface area contributed by atoms with Crippen LogP contribution in [-0.4, -0.2) is 4.57 Å². The smallest absolute Gasteiger partial charge is 0.0547 e. The van der Waals surface area contributed by atoms with Gasteiger partial charge in [-0.15, -0.1) is 0 Å². The predicted octanol–water partition coefficient (Wildman–Crippen LogP) is 15.2. The van der Waals surface area contributed by atoms with Crippen LogP contribution in [0.25, 0.3) is 49.4 Å². The number of fused-ring (bicyclic) bond motifs is 8. The van der Waals surface area contributed by atoms with Crippen LogP contribution < -0.4 is 9.80 Å². The molecule has 58 heavy (non-hydrogen) atoms. The Morgan fingerprint density at radius 2 is 0.828 bits per heavy atom. The SMILES string of the molecule is CC1(C)c2cc(N(c3ccccc3)c3ccc(N(c4ccccc4)c4ccccc4)cc3)ccc2-c2ccc(-n3c4ccccc4c4c5ccccc5ccc43)cc21. The van der Waals surface area contributed by atoms with E-state index in [1.807, 2.05) is 0 Å². The molecule has 0 atom stereocenters. The normalized spacial score (nSPS) is 12.8. The predicted molar refractivity (Wildman–Crippen MR) is 245 cm³/mol. The summed E-state index contributed by atoms with van der Waals surface area (Å²) in [6, 6.07) is 77.1. The molecule has 0 aliphatic heterocycles. The van der Waals surface area contributed by atoms with E-state index in [1.54, 1.807) is 0 Å². The van der Waals surface area contributed by atoms with Crippen LogP contribution in [0.2, 0.25) is 0 Å². The Morgan fingerprint density at radius 3 is 1.45 bits per heavy atom. The summed E-state index contributed by atoms with van der Waals surface area (Å²) in [4.78, 5) is 4.69. The van der Waals surface area contributed by atoms with Crippen molar-refractivity contribution in [3.05, 3.63) is 223 Å². The lowest BCUT2D eigenvalue weighted by Crippen LogP contribution is -2.17. The topological polar surface area (TPSA) is 11.4 Å². The fraction of sp³-hybridized carbons (Fsp3) is 0.0545. The van der Waals surface area contributed by atoms with Gasteiger partial charge in [-0.05, 0) is 130 Å². The van der Waals surface area contributed by atoms with Crippen LogP contribution in [0, 0.1) is 0 Å². The van der Waals surface area contributed by atoms with E-state index in [1.165, 1.54) is 60.5 Å². The quantitative estimate of drug-likeness (QED) is 0.161. The molecular weight excluding hydrogens is 703 g/mol. The molecule has 3 nitrogen and oxygen atoms in total. The number of para-hydroxylation sites is 4. The minimum absolute atomic E-state index is 0.222. The summed E-state index contributed by atoms with van der Waals surface area (Å²) in [5.41, 5.74) is 15.4. The van der Waals surface area contributed by atoms with Crippen molar-refractivity contribution in [2.45, 2.75) is 19.3 Å². The second-order valence-electron chi connectivity index (χ2n) is 15.8. The highest BCUT2D eigenvalue weighted by Crippen LogP contribution is 2.52. The second-order valence-corrected chi connectivity index (χ2v) is 15.8. The minimum Gasteiger partial charge on any atom is -0.311 e. The number of nitrogens with zero attached hydrogens (tertiary/aromatic N) is 3. The summed E-state index contributed by atoms with van der Waals surface area (Å²) in [5, 5.41) is 5.15. The van der Waals surface area contributed by atoms with Crippen LogP contribution in [0.3, 0.4) is 0 Å². The second kappa shape index (κ2) is 13.4. The van der Waals surface area contributed by atoms with Crippen molar-refractivity contribution in [2.24, 2.45) is 0 Å². The van der Waals surface area contributed by atoms with E-state index in [2.05, 4.69) is 241 Å². The van der Waals surface area contributed by atoms with Gasteiger partial charge in [0.05, 0.1) is 11.0 Å². The molecule has 1 aliphatic rings. The van der Waals surface area contributed by atoms with Crippen molar-refractivity contribution >= 4 is 66.7 Å². The van der Waals surface area contributed by atoms with Gasteiger partial charge < -0.3 is 14.4 Å². The largest absolute Gasteiger partial charge is 0.311 e. The number of anilines is 6. The van der Waals surface area contributed by atoms with Crippen molar-refractivity contribution in [1.29, 1.82) is 0 Å². The molecule has 1 aromatic heterocycles. The number of rotatable bonds is 7. The number of aromatic nitrogens is 1. The van der Waals surface area contributed by atoms with Gasteiger partial charge in [0.15, 0.2) is 0 Å². The third-order valence-electron chi connectivity index (χ3n) is 12.1. The van der Waals surface area contributed by atoms with Gasteiger partial charge in [-0.25, -0.2) is 0 Å². The molecule has 3 heteroatoms. The van der Waals surface area contributed by atoms with Gasteiger partial charge in [0, 0.05) is 56.0 Å². The third-order valence-corrected chi connectivity index (χ3v) is 12.1. The molecule has 1 heterocycles. The number of hydrogen-bond acceptors (Lipinski definition) is 2. The molecule has 1 aliphatic carbocycles. The molecule has 0 saturated carbocycles. The van der Waals surface area contributed by atoms with Gasteiger partial charge in [0.2, 0.25) is 0 Å². The maximum Gasteiger partial charge on any atom is 0.0547 e. The highest BCUT2D eigenvalue weighted by molar-refractivity contribution is 6.21. The Morgan fingerprint density at radius 1 is 0.362 bits per heavy atom. The van der Waals surface area contributed by atoms with E-state index in [-0.39, 0.29) is 5.41 Å². The third kappa shape index (κ3) is 5.35. The average molecular weight is 744 g/mol. The van der Waals surface area contributed by atoms with E-state index in [0.717, 1.165) is 34.1 Å². The maximum absolute atomic E-state index is 2.46. The van der Waals surface area contributed by atoms with Crippen LogP contribution in [0.1, 0.15) is 25.0 Å². The number of hydrogen-bond donors (Lipinski definition) is 0. The van der Waals surface area contributed by atoms with Gasteiger partial charge in [0.1, 0.15) is 0 Å². The first-order chi connectivity index (χ1) is 28.5. The Bertz CT molecular complexity index is 3090. The zero-order valence-electron chi connectivity index (χ0n) is 32.5. The first-order valence-electron chi connectivity index (χ1n) is 20.1. The first kappa shape index (κ1) is 33.9. The van der Waals surface area contributed by atoms with Crippen LogP contribution in [0.15, 0.2) is 212 Å². The Hall–Kier alpha value is -7.36. The van der Waals surface area contributed by atoms with E-state index < -0.39 is 0 Å². The monoisotopic (exact) mass is 743 g/mol. The summed E-state index contributed by atoms with van der Waals surface area (Å²) in [7, 11) is 0. The van der Waals surface area contributed by atoms with Gasteiger partial charge >= 0.3 is 0 Å². The van der Waals surface area contributed by atoms with Gasteiger partial charge in [-0.3, -0.25) is 0 Å². The lowest BCUT2D eigenvalue weighted by atomic mass is 9.82. The van der Waals surface area contributed by atoms with Crippen molar-refractivity contribution in [2.75, 3.05) is 9.80 Å². The average Bonchev–Trinajstić information content (AvgIpc) is 3.74. The van der Waals surface area contributed by atoms with Gasteiger partial charge in [-0.2, -0.15) is 0 Å². The van der Waals surface area contributed by atoms with E-state index in [9.17, 15) is 0 Å². The van der Waals surface area contributed by atoms with Crippen molar-refractivity contribution < 1.29 is 0 Å². The summed E-state index contributed by atoms with van der Waals surface area (Å²) in [6.07, 6.45) is 0. The van der Waals surface area contributed by atoms with E-state index in [0.29, 0.717) is 0 Å². The maximum atomic E-state index is 2.46. The molecule has 0 unspecified atom stereocenters. The molecular formula is C55H41N3. The zero-order chi connectivity index (χ0) is 38.8.